The van der Waals surface area contributed by atoms with E-state index in [2.05, 4.69) is 43.4 Å². The van der Waals surface area contributed by atoms with E-state index in [1.807, 2.05) is 0 Å². The molecule has 0 radical (unpaired) electrons. The molecule has 110 valence electrons. The van der Waals surface area contributed by atoms with Crippen LogP contribution in [0.5, 0.6) is 0 Å². The molecule has 3 aliphatic rings. The SMILES string of the molecule is CC1(C)C2CCC1(C)C(OC1CS(=O)(=O)CC1I)C2. The monoisotopic (exact) mass is 398 g/mol. The lowest BCUT2D eigenvalue weighted by Crippen LogP contribution is -2.40. The van der Waals surface area contributed by atoms with E-state index in [0.717, 1.165) is 12.3 Å². The second-order valence-electron chi connectivity index (χ2n) is 7.37. The molecule has 19 heavy (non-hydrogen) atoms. The normalized spacial score (nSPS) is 50.7. The van der Waals surface area contributed by atoms with Gasteiger partial charge in [0.25, 0.3) is 0 Å². The highest BCUT2D eigenvalue weighted by Gasteiger charge is 2.62. The van der Waals surface area contributed by atoms with Gasteiger partial charge in [0.05, 0.1) is 27.6 Å². The van der Waals surface area contributed by atoms with E-state index < -0.39 is 9.84 Å². The minimum Gasteiger partial charge on any atom is -0.372 e. The molecule has 3 rings (SSSR count). The van der Waals surface area contributed by atoms with Crippen LogP contribution in [0.4, 0.5) is 0 Å². The van der Waals surface area contributed by atoms with Gasteiger partial charge in [0.2, 0.25) is 0 Å². The summed E-state index contributed by atoms with van der Waals surface area (Å²) < 4.78 is 29.8. The van der Waals surface area contributed by atoms with E-state index in [9.17, 15) is 8.42 Å². The molecule has 0 aromatic carbocycles. The molecule has 3 nitrogen and oxygen atoms in total. The van der Waals surface area contributed by atoms with E-state index in [-0.39, 0.29) is 33.1 Å². The van der Waals surface area contributed by atoms with Crippen LogP contribution in [0.1, 0.15) is 40.0 Å². The van der Waals surface area contributed by atoms with Gasteiger partial charge in [-0.05, 0) is 36.0 Å². The topological polar surface area (TPSA) is 43.4 Å². The fourth-order valence-corrected chi connectivity index (χ4v) is 8.50. The molecule has 0 aromatic rings. The highest BCUT2D eigenvalue weighted by molar-refractivity contribution is 14.1. The van der Waals surface area contributed by atoms with Crippen molar-refractivity contribution in [1.29, 1.82) is 0 Å². The third-order valence-corrected chi connectivity index (χ3v) is 9.83. The van der Waals surface area contributed by atoms with Crippen molar-refractivity contribution >= 4 is 32.4 Å². The van der Waals surface area contributed by atoms with Gasteiger partial charge in [-0.25, -0.2) is 8.42 Å². The number of hydrogen-bond donors (Lipinski definition) is 0. The van der Waals surface area contributed by atoms with Gasteiger partial charge in [0.15, 0.2) is 9.84 Å². The van der Waals surface area contributed by atoms with Crippen LogP contribution in [0.15, 0.2) is 0 Å². The molecule has 2 bridgehead atoms. The van der Waals surface area contributed by atoms with Gasteiger partial charge >= 0.3 is 0 Å². The predicted octanol–water partition coefficient (Wildman–Crippen LogP) is 2.82. The van der Waals surface area contributed by atoms with Crippen LogP contribution in [0.2, 0.25) is 0 Å². The van der Waals surface area contributed by atoms with Crippen molar-refractivity contribution in [3.63, 3.8) is 0 Å². The average molecular weight is 398 g/mol. The first-order valence-electron chi connectivity index (χ1n) is 7.16. The fraction of sp³-hybridized carbons (Fsp3) is 1.00. The molecule has 5 atom stereocenters. The van der Waals surface area contributed by atoms with Crippen molar-refractivity contribution in [1.82, 2.24) is 0 Å². The zero-order valence-corrected chi connectivity index (χ0v) is 14.8. The van der Waals surface area contributed by atoms with E-state index in [0.29, 0.717) is 5.41 Å². The van der Waals surface area contributed by atoms with Crippen LogP contribution in [0.25, 0.3) is 0 Å². The number of fused-ring (bicyclic) bond motifs is 2. The van der Waals surface area contributed by atoms with Crippen LogP contribution in [-0.4, -0.2) is 36.1 Å². The van der Waals surface area contributed by atoms with Gasteiger partial charge in [-0.2, -0.15) is 0 Å². The van der Waals surface area contributed by atoms with Crippen molar-refractivity contribution in [2.24, 2.45) is 16.7 Å². The maximum absolute atomic E-state index is 11.7. The van der Waals surface area contributed by atoms with Crippen LogP contribution < -0.4 is 0 Å². The van der Waals surface area contributed by atoms with Crippen molar-refractivity contribution < 1.29 is 13.2 Å². The summed E-state index contributed by atoms with van der Waals surface area (Å²) in [5, 5.41) is 0. The van der Waals surface area contributed by atoms with Crippen LogP contribution in [-0.2, 0) is 14.6 Å². The number of halogens is 1. The molecule has 5 heteroatoms. The molecule has 2 aliphatic carbocycles. The Morgan fingerprint density at radius 3 is 2.32 bits per heavy atom. The Morgan fingerprint density at radius 2 is 1.89 bits per heavy atom. The van der Waals surface area contributed by atoms with E-state index in [1.54, 1.807) is 0 Å². The molecule has 0 aromatic heterocycles. The number of sulfone groups is 1. The zero-order chi connectivity index (χ0) is 14.1. The molecular formula is C14H23IO3S. The number of rotatable bonds is 2. The smallest absolute Gasteiger partial charge is 0.154 e. The maximum Gasteiger partial charge on any atom is 0.154 e. The van der Waals surface area contributed by atoms with Crippen molar-refractivity contribution in [3.8, 4) is 0 Å². The molecular weight excluding hydrogens is 375 g/mol. The molecule has 5 unspecified atom stereocenters. The number of hydrogen-bond acceptors (Lipinski definition) is 3. The highest BCUT2D eigenvalue weighted by Crippen LogP contribution is 2.66. The largest absolute Gasteiger partial charge is 0.372 e. The first-order valence-corrected chi connectivity index (χ1v) is 10.2. The lowest BCUT2D eigenvalue weighted by Gasteiger charge is -2.40. The average Bonchev–Trinajstić information content (AvgIpc) is 2.72. The molecule has 0 N–H and O–H groups in total. The Labute approximate surface area is 129 Å². The second-order valence-corrected chi connectivity index (χ2v) is 11.1. The number of alkyl halides is 1. The fourth-order valence-electron chi connectivity index (χ4n) is 4.44. The zero-order valence-electron chi connectivity index (χ0n) is 11.9. The van der Waals surface area contributed by atoms with Gasteiger partial charge < -0.3 is 4.74 Å². The second kappa shape index (κ2) is 4.32. The summed E-state index contributed by atoms with van der Waals surface area (Å²) in [4.78, 5) is 0. The Hall–Kier alpha value is 0.640. The molecule has 0 amide bonds. The standard InChI is InChI=1S/C14H23IO3S/c1-13(2)9-4-5-14(13,3)12(6-9)18-11-8-19(16,17)7-10(11)15/h9-12H,4-8H2,1-3H3. The minimum absolute atomic E-state index is 0.0948. The molecule has 3 fully saturated rings. The summed E-state index contributed by atoms with van der Waals surface area (Å²) >= 11 is 2.25. The van der Waals surface area contributed by atoms with Crippen LogP contribution in [0, 0.1) is 16.7 Å². The van der Waals surface area contributed by atoms with E-state index in [1.165, 1.54) is 12.8 Å². The van der Waals surface area contributed by atoms with Crippen LogP contribution in [0.3, 0.4) is 0 Å². The van der Waals surface area contributed by atoms with Crippen molar-refractivity contribution in [3.05, 3.63) is 0 Å². The summed E-state index contributed by atoms with van der Waals surface area (Å²) in [7, 11) is -2.88. The molecule has 1 aliphatic heterocycles. The molecule has 1 heterocycles. The van der Waals surface area contributed by atoms with Crippen LogP contribution >= 0.6 is 22.6 Å². The van der Waals surface area contributed by atoms with E-state index >= 15 is 0 Å². The summed E-state index contributed by atoms with van der Waals surface area (Å²) in [6.07, 6.45) is 3.80. The molecule has 2 saturated carbocycles. The Bertz CT molecular complexity index is 487. The summed E-state index contributed by atoms with van der Waals surface area (Å²) in [5.41, 5.74) is 0.552. The Morgan fingerprint density at radius 1 is 1.21 bits per heavy atom. The van der Waals surface area contributed by atoms with Gasteiger partial charge in [-0.15, -0.1) is 0 Å². The number of ether oxygens (including phenoxy) is 1. The quantitative estimate of drug-likeness (QED) is 0.531. The minimum atomic E-state index is -2.88. The summed E-state index contributed by atoms with van der Waals surface area (Å²) in [6, 6.07) is 0. The first kappa shape index (κ1) is 14.6. The summed E-state index contributed by atoms with van der Waals surface area (Å²) in [5.74, 6) is 1.25. The van der Waals surface area contributed by atoms with E-state index in [4.69, 9.17) is 4.74 Å². The molecule has 1 saturated heterocycles. The predicted molar refractivity (Wildman–Crippen MR) is 84.4 cm³/mol. The van der Waals surface area contributed by atoms with Gasteiger partial charge in [0.1, 0.15) is 0 Å². The first-order chi connectivity index (χ1) is 8.66. The highest BCUT2D eigenvalue weighted by atomic mass is 127. The van der Waals surface area contributed by atoms with Gasteiger partial charge in [-0.1, -0.05) is 43.4 Å². The third-order valence-electron chi connectivity index (χ3n) is 6.29. The van der Waals surface area contributed by atoms with Crippen molar-refractivity contribution in [2.45, 2.75) is 56.2 Å². The third kappa shape index (κ3) is 2.09. The van der Waals surface area contributed by atoms with Gasteiger partial charge in [0, 0.05) is 0 Å². The Balaban J connectivity index is 1.76. The Kier molecular flexibility index (Phi) is 3.31. The van der Waals surface area contributed by atoms with Crippen molar-refractivity contribution in [2.75, 3.05) is 11.5 Å². The maximum atomic E-state index is 11.7. The lowest BCUT2D eigenvalue weighted by atomic mass is 9.70. The lowest BCUT2D eigenvalue weighted by molar-refractivity contribution is -0.0745. The molecule has 0 spiro atoms. The summed E-state index contributed by atoms with van der Waals surface area (Å²) in [6.45, 7) is 7.07. The van der Waals surface area contributed by atoms with Gasteiger partial charge in [-0.3, -0.25) is 0 Å².